The van der Waals surface area contributed by atoms with Crippen LogP contribution in [0.3, 0.4) is 0 Å². The molecular formula is C15H30N2O. The van der Waals surface area contributed by atoms with E-state index in [0.717, 1.165) is 31.3 Å². The molecule has 2 aliphatic rings. The van der Waals surface area contributed by atoms with Crippen molar-refractivity contribution in [2.24, 2.45) is 5.92 Å². The van der Waals surface area contributed by atoms with Crippen LogP contribution in [-0.4, -0.2) is 36.4 Å². The number of nitrogens with one attached hydrogen (secondary N) is 2. The molecule has 1 saturated carbocycles. The van der Waals surface area contributed by atoms with E-state index in [2.05, 4.69) is 17.6 Å². The van der Waals surface area contributed by atoms with E-state index in [4.69, 9.17) is 0 Å². The Kier molecular flexibility index (Phi) is 5.93. The third kappa shape index (κ3) is 3.94. The zero-order valence-corrected chi connectivity index (χ0v) is 11.8. The maximum absolute atomic E-state index is 9.85. The van der Waals surface area contributed by atoms with Gasteiger partial charge in [0, 0.05) is 18.6 Å². The molecule has 3 N–H and O–H groups in total. The molecule has 0 aromatic rings. The van der Waals surface area contributed by atoms with Gasteiger partial charge in [0.25, 0.3) is 0 Å². The molecule has 0 aromatic carbocycles. The first-order valence-electron chi connectivity index (χ1n) is 7.96. The molecule has 1 aliphatic heterocycles. The summed E-state index contributed by atoms with van der Waals surface area (Å²) >= 11 is 0. The molecule has 4 unspecified atom stereocenters. The van der Waals surface area contributed by atoms with Crippen molar-refractivity contribution in [3.05, 3.63) is 0 Å². The second-order valence-corrected chi connectivity index (χ2v) is 6.11. The minimum atomic E-state index is -0.158. The number of hydrogen-bond acceptors (Lipinski definition) is 3. The van der Waals surface area contributed by atoms with Gasteiger partial charge in [0.15, 0.2) is 0 Å². The lowest BCUT2D eigenvalue weighted by atomic mass is 9.79. The second kappa shape index (κ2) is 7.46. The first kappa shape index (κ1) is 14.3. The Hall–Kier alpha value is -0.120. The molecule has 2 fully saturated rings. The highest BCUT2D eigenvalue weighted by molar-refractivity contribution is 4.91. The van der Waals surface area contributed by atoms with Crippen LogP contribution in [0.2, 0.25) is 0 Å². The van der Waals surface area contributed by atoms with Gasteiger partial charge < -0.3 is 15.7 Å². The quantitative estimate of drug-likeness (QED) is 0.680. The summed E-state index contributed by atoms with van der Waals surface area (Å²) in [7, 11) is 0. The standard InChI is InChI=1S/C15H30N2O/c1-2-6-12(18)11-17-15-8-4-3-7-13(15)14-9-5-10-16-14/h12-18H,2-11H2,1H3. The van der Waals surface area contributed by atoms with E-state index in [1.54, 1.807) is 0 Å². The molecule has 0 amide bonds. The first-order valence-corrected chi connectivity index (χ1v) is 7.96. The van der Waals surface area contributed by atoms with Crippen molar-refractivity contribution >= 4 is 0 Å². The minimum Gasteiger partial charge on any atom is -0.392 e. The summed E-state index contributed by atoms with van der Waals surface area (Å²) in [5.74, 6) is 0.787. The molecule has 1 saturated heterocycles. The molecule has 2 rings (SSSR count). The van der Waals surface area contributed by atoms with Crippen LogP contribution in [0.15, 0.2) is 0 Å². The summed E-state index contributed by atoms with van der Waals surface area (Å²) in [6.45, 7) is 4.11. The highest BCUT2D eigenvalue weighted by atomic mass is 16.3. The van der Waals surface area contributed by atoms with Crippen LogP contribution >= 0.6 is 0 Å². The predicted molar refractivity (Wildman–Crippen MR) is 75.7 cm³/mol. The second-order valence-electron chi connectivity index (χ2n) is 6.11. The van der Waals surface area contributed by atoms with Gasteiger partial charge in [-0.2, -0.15) is 0 Å². The normalized spacial score (nSPS) is 34.7. The average Bonchev–Trinajstić information content (AvgIpc) is 2.91. The Bertz CT molecular complexity index is 229. The lowest BCUT2D eigenvalue weighted by molar-refractivity contribution is 0.137. The SMILES string of the molecule is CCCC(O)CNC1CCCCC1C1CCCN1. The zero-order chi connectivity index (χ0) is 12.8. The lowest BCUT2D eigenvalue weighted by Gasteiger charge is -2.36. The number of rotatable bonds is 6. The highest BCUT2D eigenvalue weighted by Gasteiger charge is 2.32. The Balaban J connectivity index is 1.79. The van der Waals surface area contributed by atoms with Crippen LogP contribution in [0, 0.1) is 5.92 Å². The molecule has 0 aromatic heterocycles. The summed E-state index contributed by atoms with van der Waals surface area (Å²) < 4.78 is 0. The fourth-order valence-corrected chi connectivity index (χ4v) is 3.69. The van der Waals surface area contributed by atoms with E-state index in [0.29, 0.717) is 6.04 Å². The molecular weight excluding hydrogens is 224 g/mol. The fourth-order valence-electron chi connectivity index (χ4n) is 3.69. The van der Waals surface area contributed by atoms with Gasteiger partial charge in [-0.05, 0) is 44.6 Å². The van der Waals surface area contributed by atoms with E-state index in [-0.39, 0.29) is 6.10 Å². The van der Waals surface area contributed by atoms with Gasteiger partial charge in [-0.3, -0.25) is 0 Å². The molecule has 106 valence electrons. The molecule has 0 radical (unpaired) electrons. The van der Waals surface area contributed by atoms with Gasteiger partial charge in [-0.25, -0.2) is 0 Å². The van der Waals surface area contributed by atoms with E-state index < -0.39 is 0 Å². The summed E-state index contributed by atoms with van der Waals surface area (Å²) in [6.07, 6.45) is 9.92. The van der Waals surface area contributed by atoms with Crippen molar-refractivity contribution in [2.45, 2.75) is 76.5 Å². The van der Waals surface area contributed by atoms with Crippen molar-refractivity contribution in [2.75, 3.05) is 13.1 Å². The minimum absolute atomic E-state index is 0.158. The number of hydrogen-bond donors (Lipinski definition) is 3. The van der Waals surface area contributed by atoms with Gasteiger partial charge in [-0.1, -0.05) is 26.2 Å². The van der Waals surface area contributed by atoms with E-state index >= 15 is 0 Å². The molecule has 0 bridgehead atoms. The molecule has 0 spiro atoms. The highest BCUT2D eigenvalue weighted by Crippen LogP contribution is 2.30. The van der Waals surface area contributed by atoms with Crippen LogP contribution in [0.4, 0.5) is 0 Å². The van der Waals surface area contributed by atoms with Gasteiger partial charge in [-0.15, -0.1) is 0 Å². The van der Waals surface area contributed by atoms with Gasteiger partial charge >= 0.3 is 0 Å². The van der Waals surface area contributed by atoms with E-state index in [1.165, 1.54) is 45.1 Å². The summed E-state index contributed by atoms with van der Waals surface area (Å²) in [5.41, 5.74) is 0. The molecule has 3 nitrogen and oxygen atoms in total. The summed E-state index contributed by atoms with van der Waals surface area (Å²) in [6, 6.07) is 1.35. The van der Waals surface area contributed by atoms with Gasteiger partial charge in [0.1, 0.15) is 0 Å². The third-order valence-corrected chi connectivity index (χ3v) is 4.67. The summed E-state index contributed by atoms with van der Waals surface area (Å²) in [4.78, 5) is 0. The average molecular weight is 254 g/mol. The van der Waals surface area contributed by atoms with Crippen molar-refractivity contribution < 1.29 is 5.11 Å². The first-order chi connectivity index (χ1) is 8.81. The van der Waals surface area contributed by atoms with E-state index in [9.17, 15) is 5.11 Å². The van der Waals surface area contributed by atoms with Crippen LogP contribution in [0.5, 0.6) is 0 Å². The van der Waals surface area contributed by atoms with Gasteiger partial charge in [0.05, 0.1) is 6.10 Å². The molecule has 1 aliphatic carbocycles. The van der Waals surface area contributed by atoms with Crippen molar-refractivity contribution in [3.63, 3.8) is 0 Å². The predicted octanol–water partition coefficient (Wildman–Crippen LogP) is 2.05. The topological polar surface area (TPSA) is 44.3 Å². The Morgan fingerprint density at radius 3 is 2.78 bits per heavy atom. The maximum atomic E-state index is 9.85. The molecule has 1 heterocycles. The Labute approximate surface area is 112 Å². The van der Waals surface area contributed by atoms with Crippen molar-refractivity contribution in [1.82, 2.24) is 10.6 Å². The maximum Gasteiger partial charge on any atom is 0.0664 e. The third-order valence-electron chi connectivity index (χ3n) is 4.67. The van der Waals surface area contributed by atoms with Crippen LogP contribution in [0.25, 0.3) is 0 Å². The van der Waals surface area contributed by atoms with E-state index in [1.807, 2.05) is 0 Å². The van der Waals surface area contributed by atoms with Crippen molar-refractivity contribution in [3.8, 4) is 0 Å². The Morgan fingerprint density at radius 2 is 2.06 bits per heavy atom. The molecule has 3 heteroatoms. The monoisotopic (exact) mass is 254 g/mol. The van der Waals surface area contributed by atoms with Gasteiger partial charge in [0.2, 0.25) is 0 Å². The van der Waals surface area contributed by atoms with Crippen molar-refractivity contribution in [1.29, 1.82) is 0 Å². The Morgan fingerprint density at radius 1 is 1.22 bits per heavy atom. The largest absolute Gasteiger partial charge is 0.392 e. The van der Waals surface area contributed by atoms with Crippen LogP contribution in [-0.2, 0) is 0 Å². The summed E-state index contributed by atoms with van der Waals surface area (Å²) in [5, 5.41) is 17.2. The smallest absolute Gasteiger partial charge is 0.0664 e. The molecule has 4 atom stereocenters. The zero-order valence-electron chi connectivity index (χ0n) is 11.8. The number of aliphatic hydroxyl groups is 1. The van der Waals surface area contributed by atoms with Crippen LogP contribution < -0.4 is 10.6 Å². The van der Waals surface area contributed by atoms with Crippen LogP contribution in [0.1, 0.15) is 58.3 Å². The molecule has 18 heavy (non-hydrogen) atoms. The number of aliphatic hydroxyl groups excluding tert-OH is 1. The lowest BCUT2D eigenvalue weighted by Crippen LogP contribution is -2.48. The fraction of sp³-hybridized carbons (Fsp3) is 1.00.